The van der Waals surface area contributed by atoms with E-state index < -0.39 is 10.0 Å². The largest absolute Gasteiger partial charge is 0.369 e. The molecule has 0 radical (unpaired) electrons. The molecule has 0 spiro atoms. The highest BCUT2D eigenvalue weighted by molar-refractivity contribution is 7.92. The van der Waals surface area contributed by atoms with Gasteiger partial charge in [-0.05, 0) is 68.6 Å². The Morgan fingerprint density at radius 1 is 0.949 bits per heavy atom. The van der Waals surface area contributed by atoms with E-state index in [1.165, 1.54) is 30.1 Å². The molecule has 0 saturated carbocycles. The molecule has 1 aliphatic heterocycles. The molecule has 1 aromatic heterocycles. The number of pyridine rings is 1. The number of aromatic nitrogens is 1. The Labute approximate surface area is 232 Å². The van der Waals surface area contributed by atoms with Crippen LogP contribution in [0.25, 0.3) is 0 Å². The number of nitrogens with one attached hydrogen (secondary N) is 1. The van der Waals surface area contributed by atoms with Crippen LogP contribution in [0.4, 0.5) is 11.5 Å². The Morgan fingerprint density at radius 3 is 2.44 bits per heavy atom. The number of unbranched alkanes of at least 4 members (excludes halogenated alkanes) is 1. The van der Waals surface area contributed by atoms with Crippen molar-refractivity contribution >= 4 is 27.4 Å². The van der Waals surface area contributed by atoms with E-state index in [1.807, 2.05) is 0 Å². The van der Waals surface area contributed by atoms with Crippen LogP contribution in [-0.4, -0.2) is 70.5 Å². The SMILES string of the molecule is Cc1cccc(N2CCN(CCCCNC(=O)Cc3cccnc3N(C)S(=O)(=O)c3ccccc3)CC2)c1C. The van der Waals surface area contributed by atoms with Gasteiger partial charge in [-0.25, -0.2) is 13.4 Å². The van der Waals surface area contributed by atoms with Gasteiger partial charge in [0, 0.05) is 57.2 Å². The average Bonchev–Trinajstić information content (AvgIpc) is 2.95. The van der Waals surface area contributed by atoms with E-state index in [2.05, 4.69) is 52.1 Å². The highest BCUT2D eigenvalue weighted by Crippen LogP contribution is 2.25. The summed E-state index contributed by atoms with van der Waals surface area (Å²) in [5.41, 5.74) is 4.61. The molecule has 39 heavy (non-hydrogen) atoms. The first kappa shape index (κ1) is 28.6. The maximum Gasteiger partial charge on any atom is 0.265 e. The zero-order valence-corrected chi connectivity index (χ0v) is 24.0. The Bertz CT molecular complexity index is 1360. The summed E-state index contributed by atoms with van der Waals surface area (Å²) in [4.78, 5) is 22.1. The number of carbonyl (C=O) groups excluding carboxylic acids is 1. The molecule has 0 bridgehead atoms. The minimum Gasteiger partial charge on any atom is -0.369 e. The van der Waals surface area contributed by atoms with Gasteiger partial charge in [0.15, 0.2) is 0 Å². The van der Waals surface area contributed by atoms with E-state index >= 15 is 0 Å². The fourth-order valence-corrected chi connectivity index (χ4v) is 6.14. The lowest BCUT2D eigenvalue weighted by Gasteiger charge is -2.37. The predicted octanol–water partition coefficient (Wildman–Crippen LogP) is 3.78. The summed E-state index contributed by atoms with van der Waals surface area (Å²) in [5.74, 6) is 0.119. The smallest absolute Gasteiger partial charge is 0.265 e. The zero-order chi connectivity index (χ0) is 27.8. The van der Waals surface area contributed by atoms with Crippen molar-refractivity contribution in [1.29, 1.82) is 0 Å². The van der Waals surface area contributed by atoms with E-state index in [-0.39, 0.29) is 23.0 Å². The second-order valence-corrected chi connectivity index (χ2v) is 12.0. The molecule has 0 unspecified atom stereocenters. The van der Waals surface area contributed by atoms with Crippen LogP contribution in [0, 0.1) is 13.8 Å². The molecule has 0 aliphatic carbocycles. The molecular formula is C30H39N5O3S. The Balaban J connectivity index is 1.20. The number of amides is 1. The van der Waals surface area contributed by atoms with Crippen LogP contribution in [-0.2, 0) is 21.2 Å². The number of carbonyl (C=O) groups is 1. The lowest BCUT2D eigenvalue weighted by molar-refractivity contribution is -0.120. The summed E-state index contributed by atoms with van der Waals surface area (Å²) in [7, 11) is -2.31. The molecule has 8 nitrogen and oxygen atoms in total. The molecule has 9 heteroatoms. The molecule has 3 aromatic rings. The van der Waals surface area contributed by atoms with Crippen molar-refractivity contribution in [2.45, 2.75) is 38.0 Å². The van der Waals surface area contributed by atoms with Gasteiger partial charge in [-0.1, -0.05) is 36.4 Å². The molecular weight excluding hydrogens is 510 g/mol. The van der Waals surface area contributed by atoms with E-state index in [1.54, 1.807) is 42.5 Å². The molecule has 208 valence electrons. The van der Waals surface area contributed by atoms with Crippen molar-refractivity contribution in [1.82, 2.24) is 15.2 Å². The van der Waals surface area contributed by atoms with Gasteiger partial charge in [-0.2, -0.15) is 0 Å². The number of nitrogens with zero attached hydrogens (tertiary/aromatic N) is 4. The van der Waals surface area contributed by atoms with Gasteiger partial charge in [0.2, 0.25) is 5.91 Å². The molecule has 2 heterocycles. The summed E-state index contributed by atoms with van der Waals surface area (Å²) >= 11 is 0. The number of benzene rings is 2. The minimum absolute atomic E-state index is 0.0676. The fraction of sp³-hybridized carbons (Fsp3) is 0.400. The third-order valence-corrected chi connectivity index (χ3v) is 9.19. The number of aryl methyl sites for hydroxylation is 1. The second-order valence-electron chi connectivity index (χ2n) is 10.1. The van der Waals surface area contributed by atoms with Crippen LogP contribution >= 0.6 is 0 Å². The van der Waals surface area contributed by atoms with Crippen molar-refractivity contribution in [2.24, 2.45) is 0 Å². The maximum atomic E-state index is 13.0. The number of anilines is 2. The van der Waals surface area contributed by atoms with Gasteiger partial charge in [0.05, 0.1) is 11.3 Å². The lowest BCUT2D eigenvalue weighted by Crippen LogP contribution is -2.47. The lowest BCUT2D eigenvalue weighted by atomic mass is 10.1. The van der Waals surface area contributed by atoms with Gasteiger partial charge >= 0.3 is 0 Å². The van der Waals surface area contributed by atoms with E-state index in [4.69, 9.17) is 0 Å². The van der Waals surface area contributed by atoms with Gasteiger partial charge < -0.3 is 10.2 Å². The summed E-state index contributed by atoms with van der Waals surface area (Å²) in [6.07, 6.45) is 3.51. The van der Waals surface area contributed by atoms with Crippen molar-refractivity contribution in [3.8, 4) is 0 Å². The molecule has 1 fully saturated rings. The molecule has 1 saturated heterocycles. The topological polar surface area (TPSA) is 85.8 Å². The van der Waals surface area contributed by atoms with Gasteiger partial charge in [-0.15, -0.1) is 0 Å². The minimum atomic E-state index is -3.78. The molecule has 1 N–H and O–H groups in total. The highest BCUT2D eigenvalue weighted by atomic mass is 32.2. The van der Waals surface area contributed by atoms with Gasteiger partial charge in [0.1, 0.15) is 5.82 Å². The summed E-state index contributed by atoms with van der Waals surface area (Å²) < 4.78 is 27.2. The van der Waals surface area contributed by atoms with E-state index in [9.17, 15) is 13.2 Å². The van der Waals surface area contributed by atoms with Crippen molar-refractivity contribution in [2.75, 3.05) is 55.5 Å². The Morgan fingerprint density at radius 2 is 1.69 bits per heavy atom. The third-order valence-electron chi connectivity index (χ3n) is 7.43. The van der Waals surface area contributed by atoms with Gasteiger partial charge in [-0.3, -0.25) is 14.0 Å². The first-order valence-electron chi connectivity index (χ1n) is 13.6. The standard InChI is InChI=1S/C30H39N5O3S/c1-24-11-9-15-28(25(24)2)35-21-19-34(20-22-35)18-8-7-16-31-29(36)23-26-12-10-17-32-30(26)33(3)39(37,38)27-13-5-4-6-14-27/h4-6,9-15,17H,7-8,16,18-23H2,1-3H3,(H,31,36). The number of rotatable bonds is 11. The monoisotopic (exact) mass is 549 g/mol. The molecule has 1 amide bonds. The fourth-order valence-electron chi connectivity index (χ4n) is 4.93. The van der Waals surface area contributed by atoms with E-state index in [0.717, 1.165) is 49.9 Å². The maximum absolute atomic E-state index is 13.0. The Hall–Kier alpha value is -3.43. The quantitative estimate of drug-likeness (QED) is 0.367. The average molecular weight is 550 g/mol. The van der Waals surface area contributed by atoms with Gasteiger partial charge in [0.25, 0.3) is 10.0 Å². The zero-order valence-electron chi connectivity index (χ0n) is 23.1. The summed E-state index contributed by atoms with van der Waals surface area (Å²) in [6.45, 7) is 10.1. The van der Waals surface area contributed by atoms with Crippen LogP contribution in [0.3, 0.4) is 0 Å². The third kappa shape index (κ3) is 7.16. The molecule has 1 aliphatic rings. The normalized spacial score (nSPS) is 14.3. The second kappa shape index (κ2) is 13.1. The number of hydrogen-bond donors (Lipinski definition) is 1. The van der Waals surface area contributed by atoms with Crippen molar-refractivity contribution in [3.63, 3.8) is 0 Å². The number of hydrogen-bond acceptors (Lipinski definition) is 6. The first-order chi connectivity index (χ1) is 18.8. The van der Waals surface area contributed by atoms with E-state index in [0.29, 0.717) is 12.1 Å². The van der Waals surface area contributed by atoms with Crippen LogP contribution < -0.4 is 14.5 Å². The predicted molar refractivity (Wildman–Crippen MR) is 157 cm³/mol. The van der Waals surface area contributed by atoms with Crippen molar-refractivity contribution in [3.05, 3.63) is 83.6 Å². The first-order valence-corrected chi connectivity index (χ1v) is 15.0. The Kier molecular flexibility index (Phi) is 9.59. The van der Waals surface area contributed by atoms with Crippen LogP contribution in [0.15, 0.2) is 71.8 Å². The molecule has 4 rings (SSSR count). The molecule has 2 aromatic carbocycles. The summed E-state index contributed by atoms with van der Waals surface area (Å²) in [6, 6.07) is 18.2. The van der Waals surface area contributed by atoms with Crippen LogP contribution in [0.5, 0.6) is 0 Å². The van der Waals surface area contributed by atoms with Crippen molar-refractivity contribution < 1.29 is 13.2 Å². The molecule has 0 atom stereocenters. The number of piperazine rings is 1. The summed E-state index contributed by atoms with van der Waals surface area (Å²) in [5, 5.41) is 2.98. The highest BCUT2D eigenvalue weighted by Gasteiger charge is 2.24. The van der Waals surface area contributed by atoms with Crippen LogP contribution in [0.2, 0.25) is 0 Å². The van der Waals surface area contributed by atoms with Crippen LogP contribution in [0.1, 0.15) is 29.5 Å². The number of sulfonamides is 1.